The molecule has 0 aliphatic carbocycles. The Kier molecular flexibility index (Phi) is 3.20. The van der Waals surface area contributed by atoms with E-state index in [1.54, 1.807) is 0 Å². The zero-order chi connectivity index (χ0) is 10.5. The van der Waals surface area contributed by atoms with Gasteiger partial charge < -0.3 is 10.3 Å². The first-order chi connectivity index (χ1) is 7.38. The van der Waals surface area contributed by atoms with Crippen molar-refractivity contribution in [1.29, 1.82) is 0 Å². The first kappa shape index (κ1) is 9.99. The summed E-state index contributed by atoms with van der Waals surface area (Å²) < 4.78 is 0. The van der Waals surface area contributed by atoms with Crippen LogP contribution in [0.4, 0.5) is 0 Å². The van der Waals surface area contributed by atoms with Crippen molar-refractivity contribution in [3.63, 3.8) is 0 Å². The van der Waals surface area contributed by atoms with Crippen molar-refractivity contribution in [3.05, 3.63) is 59.4 Å². The van der Waals surface area contributed by atoms with Crippen molar-refractivity contribution in [2.24, 2.45) is 0 Å². The molecule has 1 heterocycles. The molecule has 0 atom stereocenters. The van der Waals surface area contributed by atoms with Gasteiger partial charge in [0, 0.05) is 18.9 Å². The van der Waals surface area contributed by atoms with E-state index in [2.05, 4.69) is 40.6 Å². The lowest BCUT2D eigenvalue weighted by Crippen LogP contribution is -2.04. The van der Waals surface area contributed by atoms with Gasteiger partial charge >= 0.3 is 0 Å². The minimum absolute atomic E-state index is 0.935. The van der Waals surface area contributed by atoms with Crippen molar-refractivity contribution >= 4 is 0 Å². The summed E-state index contributed by atoms with van der Waals surface area (Å²) in [5.41, 5.74) is 4.01. The van der Waals surface area contributed by atoms with Gasteiger partial charge in [0.2, 0.25) is 0 Å². The fourth-order valence-corrected chi connectivity index (χ4v) is 1.68. The van der Waals surface area contributed by atoms with Crippen molar-refractivity contribution < 1.29 is 0 Å². The number of hydrogen-bond donors (Lipinski definition) is 2. The molecule has 0 unspecified atom stereocenters. The fourth-order valence-electron chi connectivity index (χ4n) is 1.68. The van der Waals surface area contributed by atoms with Gasteiger partial charge in [0.1, 0.15) is 0 Å². The minimum Gasteiger partial charge on any atom is -0.367 e. The van der Waals surface area contributed by atoms with Crippen molar-refractivity contribution in [2.45, 2.75) is 13.0 Å². The molecule has 1 aromatic carbocycles. The van der Waals surface area contributed by atoms with E-state index in [1.807, 2.05) is 19.4 Å². The molecule has 0 saturated heterocycles. The van der Waals surface area contributed by atoms with E-state index >= 15 is 0 Å². The molecule has 0 radical (unpaired) electrons. The standard InChI is InChI=1S/C13H16N2/c1-14-9-12-4-2-11(3-5-12)8-13-6-7-15-10-13/h2-7,10,14-15H,8-9H2,1H3. The highest BCUT2D eigenvalue weighted by Crippen LogP contribution is 2.10. The van der Waals surface area contributed by atoms with E-state index in [0.29, 0.717) is 0 Å². The molecule has 0 saturated carbocycles. The topological polar surface area (TPSA) is 27.8 Å². The lowest BCUT2D eigenvalue weighted by atomic mass is 10.1. The Hall–Kier alpha value is -1.54. The fraction of sp³-hybridized carbons (Fsp3) is 0.231. The summed E-state index contributed by atoms with van der Waals surface area (Å²) in [6.07, 6.45) is 5.01. The summed E-state index contributed by atoms with van der Waals surface area (Å²) in [4.78, 5) is 3.07. The van der Waals surface area contributed by atoms with Crippen molar-refractivity contribution in [2.75, 3.05) is 7.05 Å². The highest BCUT2D eigenvalue weighted by molar-refractivity contribution is 5.27. The maximum Gasteiger partial charge on any atom is 0.0202 e. The second kappa shape index (κ2) is 4.80. The number of nitrogens with one attached hydrogen (secondary N) is 2. The third kappa shape index (κ3) is 2.70. The van der Waals surface area contributed by atoms with Crippen LogP contribution in [0, 0.1) is 0 Å². The zero-order valence-corrected chi connectivity index (χ0v) is 8.96. The number of aromatic amines is 1. The summed E-state index contributed by atoms with van der Waals surface area (Å²) in [7, 11) is 1.97. The maximum absolute atomic E-state index is 3.14. The predicted octanol–water partition coefficient (Wildman–Crippen LogP) is 2.32. The third-order valence-corrected chi connectivity index (χ3v) is 2.47. The van der Waals surface area contributed by atoms with Crippen LogP contribution in [0.1, 0.15) is 16.7 Å². The molecule has 0 bridgehead atoms. The average Bonchev–Trinajstić information content (AvgIpc) is 2.74. The molecular weight excluding hydrogens is 184 g/mol. The van der Waals surface area contributed by atoms with Crippen molar-refractivity contribution in [1.82, 2.24) is 10.3 Å². The Bertz CT molecular complexity index is 387. The summed E-state index contributed by atoms with van der Waals surface area (Å²) in [5.74, 6) is 0. The quantitative estimate of drug-likeness (QED) is 0.779. The van der Waals surface area contributed by atoms with Gasteiger partial charge in [-0.1, -0.05) is 24.3 Å². The van der Waals surface area contributed by atoms with E-state index in [4.69, 9.17) is 0 Å². The number of hydrogen-bond acceptors (Lipinski definition) is 1. The number of aromatic nitrogens is 1. The van der Waals surface area contributed by atoms with Crippen LogP contribution in [0.5, 0.6) is 0 Å². The average molecular weight is 200 g/mol. The van der Waals surface area contributed by atoms with Gasteiger partial charge in [-0.25, -0.2) is 0 Å². The summed E-state index contributed by atoms with van der Waals surface area (Å²) in [5, 5.41) is 3.14. The van der Waals surface area contributed by atoms with Crippen LogP contribution in [0.25, 0.3) is 0 Å². The number of benzene rings is 1. The SMILES string of the molecule is CNCc1ccc(Cc2cc[nH]c2)cc1. The van der Waals surface area contributed by atoms with E-state index in [-0.39, 0.29) is 0 Å². The first-order valence-corrected chi connectivity index (χ1v) is 5.22. The summed E-state index contributed by atoms with van der Waals surface area (Å²) in [6.45, 7) is 0.935. The lowest BCUT2D eigenvalue weighted by molar-refractivity contribution is 0.817. The van der Waals surface area contributed by atoms with Crippen LogP contribution >= 0.6 is 0 Å². The number of rotatable bonds is 4. The Morgan fingerprint density at radius 1 is 1.00 bits per heavy atom. The summed E-state index contributed by atoms with van der Waals surface area (Å²) >= 11 is 0. The van der Waals surface area contributed by atoms with Gasteiger partial charge in [0.15, 0.2) is 0 Å². The molecule has 2 nitrogen and oxygen atoms in total. The van der Waals surface area contributed by atoms with Crippen LogP contribution in [-0.4, -0.2) is 12.0 Å². The van der Waals surface area contributed by atoms with Crippen LogP contribution < -0.4 is 5.32 Å². The van der Waals surface area contributed by atoms with Crippen LogP contribution in [-0.2, 0) is 13.0 Å². The Morgan fingerprint density at radius 2 is 1.73 bits per heavy atom. The highest BCUT2D eigenvalue weighted by Gasteiger charge is 1.96. The highest BCUT2D eigenvalue weighted by atomic mass is 14.8. The van der Waals surface area contributed by atoms with Crippen LogP contribution in [0.3, 0.4) is 0 Å². The van der Waals surface area contributed by atoms with Crippen LogP contribution in [0.2, 0.25) is 0 Å². The molecular formula is C13H16N2. The maximum atomic E-state index is 3.14. The third-order valence-electron chi connectivity index (χ3n) is 2.47. The largest absolute Gasteiger partial charge is 0.367 e. The number of H-pyrrole nitrogens is 1. The van der Waals surface area contributed by atoms with Gasteiger partial charge in [0.05, 0.1) is 0 Å². The molecule has 78 valence electrons. The summed E-state index contributed by atoms with van der Waals surface area (Å²) in [6, 6.07) is 10.9. The molecule has 0 spiro atoms. The molecule has 0 aliphatic rings. The minimum atomic E-state index is 0.935. The van der Waals surface area contributed by atoms with E-state index in [9.17, 15) is 0 Å². The monoisotopic (exact) mass is 200 g/mol. The van der Waals surface area contributed by atoms with Gasteiger partial charge in [-0.2, -0.15) is 0 Å². The van der Waals surface area contributed by atoms with Gasteiger partial charge in [0.25, 0.3) is 0 Å². The molecule has 2 aromatic rings. The van der Waals surface area contributed by atoms with Gasteiger partial charge in [-0.05, 0) is 36.2 Å². The Morgan fingerprint density at radius 3 is 2.33 bits per heavy atom. The Balaban J connectivity index is 2.04. The molecule has 0 aliphatic heterocycles. The molecule has 2 heteroatoms. The van der Waals surface area contributed by atoms with E-state index in [1.165, 1.54) is 16.7 Å². The zero-order valence-electron chi connectivity index (χ0n) is 8.96. The first-order valence-electron chi connectivity index (χ1n) is 5.22. The second-order valence-electron chi connectivity index (χ2n) is 3.74. The molecule has 2 N–H and O–H groups in total. The van der Waals surface area contributed by atoms with E-state index < -0.39 is 0 Å². The van der Waals surface area contributed by atoms with Gasteiger partial charge in [-0.15, -0.1) is 0 Å². The normalized spacial score (nSPS) is 10.5. The molecule has 0 amide bonds. The van der Waals surface area contributed by atoms with Gasteiger partial charge in [-0.3, -0.25) is 0 Å². The molecule has 1 aromatic heterocycles. The smallest absolute Gasteiger partial charge is 0.0202 e. The Labute approximate surface area is 90.3 Å². The molecule has 2 rings (SSSR count). The van der Waals surface area contributed by atoms with Crippen molar-refractivity contribution in [3.8, 4) is 0 Å². The molecule has 0 fully saturated rings. The predicted molar refractivity (Wildman–Crippen MR) is 62.8 cm³/mol. The lowest BCUT2D eigenvalue weighted by Gasteiger charge is -2.02. The van der Waals surface area contributed by atoms with Crippen LogP contribution in [0.15, 0.2) is 42.7 Å². The molecule has 15 heavy (non-hydrogen) atoms. The van der Waals surface area contributed by atoms with E-state index in [0.717, 1.165) is 13.0 Å². The second-order valence-corrected chi connectivity index (χ2v) is 3.74.